The molecule has 2 rings (SSSR count). The van der Waals surface area contributed by atoms with E-state index in [0.29, 0.717) is 37.5 Å². The highest BCUT2D eigenvalue weighted by Crippen LogP contribution is 2.23. The van der Waals surface area contributed by atoms with Crippen LogP contribution < -0.4 is 16.0 Å². The summed E-state index contributed by atoms with van der Waals surface area (Å²) < 4.78 is 5.17. The van der Waals surface area contributed by atoms with Crippen LogP contribution in [0.1, 0.15) is 45.1 Å². The van der Waals surface area contributed by atoms with Gasteiger partial charge >= 0.3 is 5.97 Å². The lowest BCUT2D eigenvalue weighted by Gasteiger charge is -2.33. The molecule has 0 spiro atoms. The first-order chi connectivity index (χ1) is 14.8. The van der Waals surface area contributed by atoms with Gasteiger partial charge in [0, 0.05) is 30.9 Å². The molecule has 0 saturated carbocycles. The molecule has 0 bridgehead atoms. The fraction of sp³-hybridized carbons (Fsp3) is 0.545. The van der Waals surface area contributed by atoms with Crippen molar-refractivity contribution >= 4 is 35.1 Å². The summed E-state index contributed by atoms with van der Waals surface area (Å²) in [5.74, 6) is -1.15. The summed E-state index contributed by atoms with van der Waals surface area (Å²) in [4.78, 5) is 50.5. The molecule has 1 saturated heterocycles. The molecule has 170 valence electrons. The topological polar surface area (TPSA) is 117 Å². The van der Waals surface area contributed by atoms with Gasteiger partial charge in [0.25, 0.3) is 0 Å². The molecule has 1 fully saturated rings. The maximum atomic E-state index is 12.7. The summed E-state index contributed by atoms with van der Waals surface area (Å²) in [5.41, 5.74) is 1.95. The first-order valence-electron chi connectivity index (χ1n) is 10.7. The molecule has 1 atom stereocenters. The summed E-state index contributed by atoms with van der Waals surface area (Å²) in [6.45, 7) is 6.73. The van der Waals surface area contributed by atoms with Crippen molar-refractivity contribution in [3.63, 3.8) is 0 Å². The summed E-state index contributed by atoms with van der Waals surface area (Å²) in [6, 6.07) is 4.52. The van der Waals surface area contributed by atoms with Crippen LogP contribution in [0, 0.1) is 6.92 Å². The Morgan fingerprint density at radius 3 is 2.48 bits per heavy atom. The number of rotatable bonds is 10. The van der Waals surface area contributed by atoms with Gasteiger partial charge in [-0.05, 0) is 31.0 Å². The maximum absolute atomic E-state index is 12.7. The number of nitrogens with zero attached hydrogens (tertiary/aromatic N) is 1. The van der Waals surface area contributed by atoms with E-state index in [4.69, 9.17) is 4.74 Å². The molecule has 31 heavy (non-hydrogen) atoms. The number of benzene rings is 1. The minimum absolute atomic E-state index is 0.0364. The number of amides is 3. The second kappa shape index (κ2) is 12.0. The Hall–Kier alpha value is -2.94. The Morgan fingerprint density at radius 1 is 1.16 bits per heavy atom. The highest BCUT2D eigenvalue weighted by molar-refractivity contribution is 5.97. The zero-order valence-electron chi connectivity index (χ0n) is 18.5. The lowest BCUT2D eigenvalue weighted by molar-refractivity contribution is -0.149. The number of piperazine rings is 1. The third-order valence-corrected chi connectivity index (χ3v) is 5.11. The molecule has 1 aliphatic rings. The van der Waals surface area contributed by atoms with Crippen LogP contribution in [0.3, 0.4) is 0 Å². The van der Waals surface area contributed by atoms with Crippen molar-refractivity contribution in [2.45, 2.75) is 52.5 Å². The van der Waals surface area contributed by atoms with E-state index in [9.17, 15) is 19.2 Å². The fourth-order valence-electron chi connectivity index (χ4n) is 3.24. The Labute approximate surface area is 182 Å². The van der Waals surface area contributed by atoms with E-state index in [1.807, 2.05) is 13.8 Å². The molecule has 0 aliphatic carbocycles. The quantitative estimate of drug-likeness (QED) is 0.384. The smallest absolute Gasteiger partial charge is 0.307 e. The van der Waals surface area contributed by atoms with Gasteiger partial charge in [-0.3, -0.25) is 24.1 Å². The summed E-state index contributed by atoms with van der Waals surface area (Å²) in [6.07, 6.45) is 1.94. The van der Waals surface area contributed by atoms with Crippen molar-refractivity contribution in [2.75, 3.05) is 36.9 Å². The molecule has 0 aromatic heterocycles. The van der Waals surface area contributed by atoms with Crippen LogP contribution in [-0.4, -0.2) is 60.9 Å². The van der Waals surface area contributed by atoms with Gasteiger partial charge in [-0.1, -0.05) is 26.3 Å². The Kier molecular flexibility index (Phi) is 9.45. The van der Waals surface area contributed by atoms with E-state index in [0.717, 1.165) is 18.4 Å². The molecular weight excluding hydrogens is 400 g/mol. The molecule has 9 heteroatoms. The summed E-state index contributed by atoms with van der Waals surface area (Å²) in [5, 5.41) is 8.38. The first-order valence-corrected chi connectivity index (χ1v) is 10.7. The van der Waals surface area contributed by atoms with Crippen LogP contribution in [0.4, 0.5) is 11.4 Å². The molecule has 1 aliphatic heterocycles. The number of nitrogens with one attached hydrogen (secondary N) is 3. The molecule has 3 amide bonds. The van der Waals surface area contributed by atoms with Gasteiger partial charge in [0.1, 0.15) is 6.04 Å². The molecule has 0 radical (unpaired) electrons. The molecular formula is C22H32N4O5. The van der Waals surface area contributed by atoms with E-state index < -0.39 is 12.0 Å². The lowest BCUT2D eigenvalue weighted by Crippen LogP contribution is -2.57. The minimum atomic E-state index is -0.745. The van der Waals surface area contributed by atoms with E-state index in [-0.39, 0.29) is 30.7 Å². The Balaban J connectivity index is 2.00. The van der Waals surface area contributed by atoms with Crippen LogP contribution in [0.5, 0.6) is 0 Å². The van der Waals surface area contributed by atoms with Crippen LogP contribution in [0.15, 0.2) is 18.2 Å². The summed E-state index contributed by atoms with van der Waals surface area (Å²) >= 11 is 0. The van der Waals surface area contributed by atoms with Crippen LogP contribution >= 0.6 is 0 Å². The van der Waals surface area contributed by atoms with Crippen molar-refractivity contribution in [1.82, 2.24) is 10.2 Å². The SMILES string of the molecule is CCCCOC(=O)CC1C(=O)NCCN1CC(=O)Nc1cccc(NC(=O)CC)c1C. The van der Waals surface area contributed by atoms with Crippen molar-refractivity contribution in [2.24, 2.45) is 0 Å². The first kappa shape index (κ1) is 24.3. The molecule has 1 unspecified atom stereocenters. The number of hydrogen-bond donors (Lipinski definition) is 3. The van der Waals surface area contributed by atoms with Crippen LogP contribution in [-0.2, 0) is 23.9 Å². The van der Waals surface area contributed by atoms with Crippen molar-refractivity contribution in [1.29, 1.82) is 0 Å². The average Bonchev–Trinajstić information content (AvgIpc) is 2.73. The van der Waals surface area contributed by atoms with Crippen molar-refractivity contribution in [3.8, 4) is 0 Å². The summed E-state index contributed by atoms with van der Waals surface area (Å²) in [7, 11) is 0. The number of carbonyl (C=O) groups excluding carboxylic acids is 4. The van der Waals surface area contributed by atoms with Gasteiger partial charge in [-0.25, -0.2) is 0 Å². The van der Waals surface area contributed by atoms with E-state index in [1.54, 1.807) is 30.0 Å². The third kappa shape index (κ3) is 7.36. The maximum Gasteiger partial charge on any atom is 0.307 e. The van der Waals surface area contributed by atoms with Gasteiger partial charge in [0.2, 0.25) is 17.7 Å². The number of carbonyl (C=O) groups is 4. The zero-order chi connectivity index (χ0) is 22.8. The van der Waals surface area contributed by atoms with Gasteiger partial charge in [0.05, 0.1) is 19.6 Å². The van der Waals surface area contributed by atoms with E-state index >= 15 is 0 Å². The van der Waals surface area contributed by atoms with Gasteiger partial charge in [-0.2, -0.15) is 0 Å². The molecule has 1 heterocycles. The molecule has 3 N–H and O–H groups in total. The van der Waals surface area contributed by atoms with Gasteiger partial charge in [0.15, 0.2) is 0 Å². The van der Waals surface area contributed by atoms with Gasteiger partial charge in [-0.15, -0.1) is 0 Å². The fourth-order valence-corrected chi connectivity index (χ4v) is 3.24. The Bertz CT molecular complexity index is 811. The van der Waals surface area contributed by atoms with E-state index in [2.05, 4.69) is 16.0 Å². The molecule has 1 aromatic carbocycles. The standard InChI is InChI=1S/C22H32N4O5/c1-4-6-12-31-21(29)13-18-22(30)23-10-11-26(18)14-20(28)25-17-9-7-8-16(15(17)3)24-19(27)5-2/h7-9,18H,4-6,10-14H2,1-3H3,(H,23,30)(H,24,27)(H,25,28). The highest BCUT2D eigenvalue weighted by atomic mass is 16.5. The Morgan fingerprint density at radius 2 is 1.84 bits per heavy atom. The zero-order valence-corrected chi connectivity index (χ0v) is 18.5. The number of anilines is 2. The predicted octanol–water partition coefficient (Wildman–Crippen LogP) is 1.82. The lowest BCUT2D eigenvalue weighted by atomic mass is 10.1. The number of ether oxygens (including phenoxy) is 1. The van der Waals surface area contributed by atoms with Crippen molar-refractivity contribution in [3.05, 3.63) is 23.8 Å². The molecule has 9 nitrogen and oxygen atoms in total. The van der Waals surface area contributed by atoms with Crippen LogP contribution in [0.25, 0.3) is 0 Å². The predicted molar refractivity (Wildman–Crippen MR) is 118 cm³/mol. The van der Waals surface area contributed by atoms with Crippen LogP contribution in [0.2, 0.25) is 0 Å². The number of unbranched alkanes of at least 4 members (excludes halogenated alkanes) is 1. The van der Waals surface area contributed by atoms with E-state index in [1.165, 1.54) is 0 Å². The number of esters is 1. The second-order valence-electron chi connectivity index (χ2n) is 7.48. The van der Waals surface area contributed by atoms with Crippen molar-refractivity contribution < 1.29 is 23.9 Å². The molecule has 1 aromatic rings. The largest absolute Gasteiger partial charge is 0.466 e. The monoisotopic (exact) mass is 432 g/mol. The highest BCUT2D eigenvalue weighted by Gasteiger charge is 2.33. The minimum Gasteiger partial charge on any atom is -0.466 e. The van der Waals surface area contributed by atoms with Gasteiger partial charge < -0.3 is 20.7 Å². The number of hydrogen-bond acceptors (Lipinski definition) is 6. The third-order valence-electron chi connectivity index (χ3n) is 5.11. The average molecular weight is 433 g/mol. The second-order valence-corrected chi connectivity index (χ2v) is 7.48. The normalized spacial score (nSPS) is 16.4.